The first-order valence-electron chi connectivity index (χ1n) is 5.10. The van der Waals surface area contributed by atoms with Gasteiger partial charge in [0.05, 0.1) is 17.4 Å². The molecule has 1 saturated heterocycles. The highest BCUT2D eigenvalue weighted by Gasteiger charge is 2.50. The number of aromatic nitrogens is 1. The van der Waals surface area contributed by atoms with Gasteiger partial charge in [-0.3, -0.25) is 0 Å². The summed E-state index contributed by atoms with van der Waals surface area (Å²) in [6.45, 7) is 9.84. The first-order chi connectivity index (χ1) is 6.82. The van der Waals surface area contributed by atoms with Crippen molar-refractivity contribution in [3.63, 3.8) is 0 Å². The van der Waals surface area contributed by atoms with E-state index in [0.717, 1.165) is 0 Å². The second-order valence-electron chi connectivity index (χ2n) is 4.87. The van der Waals surface area contributed by atoms with Crippen molar-refractivity contribution in [1.29, 1.82) is 0 Å². The first kappa shape index (κ1) is 10.6. The van der Waals surface area contributed by atoms with Crippen LogP contribution >= 0.6 is 0 Å². The lowest BCUT2D eigenvalue weighted by Crippen LogP contribution is -2.41. The Bertz CT molecular complexity index is 352. The van der Waals surface area contributed by atoms with Gasteiger partial charge in [0.15, 0.2) is 11.7 Å². The molecule has 4 nitrogen and oxygen atoms in total. The number of oxazole rings is 1. The molecule has 4 heteroatoms. The van der Waals surface area contributed by atoms with Gasteiger partial charge in [0.25, 0.3) is 0 Å². The van der Waals surface area contributed by atoms with Crippen LogP contribution in [-0.4, -0.2) is 16.2 Å². The number of aryl methyl sites for hydroxylation is 1. The molecule has 0 aliphatic carbocycles. The third-order valence-electron chi connectivity index (χ3n) is 3.12. The van der Waals surface area contributed by atoms with E-state index >= 15 is 0 Å². The molecule has 0 unspecified atom stereocenters. The van der Waals surface area contributed by atoms with Gasteiger partial charge >= 0.3 is 0 Å². The predicted molar refractivity (Wildman–Crippen MR) is 54.3 cm³/mol. The largest absolute Gasteiger partial charge is 0.441 e. The van der Waals surface area contributed by atoms with Gasteiger partial charge in [-0.15, -0.1) is 0 Å². The minimum Gasteiger partial charge on any atom is -0.441 e. The number of hydrogen-bond donors (Lipinski definition) is 0. The van der Waals surface area contributed by atoms with Crippen LogP contribution < -0.4 is 0 Å². The summed E-state index contributed by atoms with van der Waals surface area (Å²) < 4.78 is 17.0. The normalized spacial score (nSPS) is 24.6. The molecule has 0 atom stereocenters. The molecule has 84 valence electrons. The van der Waals surface area contributed by atoms with Crippen LogP contribution in [0.2, 0.25) is 0 Å². The second-order valence-corrected chi connectivity index (χ2v) is 4.87. The van der Waals surface area contributed by atoms with Crippen molar-refractivity contribution < 1.29 is 13.9 Å². The highest BCUT2D eigenvalue weighted by molar-refractivity contribution is 5.02. The molecule has 2 rings (SSSR count). The summed E-state index contributed by atoms with van der Waals surface area (Å²) in [4.78, 5) is 4.03. The van der Waals surface area contributed by atoms with Crippen LogP contribution in [0.3, 0.4) is 0 Å². The van der Waals surface area contributed by atoms with E-state index in [1.54, 1.807) is 13.1 Å². The van der Waals surface area contributed by atoms with Gasteiger partial charge in [-0.2, -0.15) is 0 Å². The molecule has 1 fully saturated rings. The number of ether oxygens (including phenoxy) is 2. The van der Waals surface area contributed by atoms with Crippen molar-refractivity contribution >= 4 is 0 Å². The Kier molecular flexibility index (Phi) is 2.17. The van der Waals surface area contributed by atoms with Crippen LogP contribution in [0, 0.1) is 6.92 Å². The number of hydrogen-bond acceptors (Lipinski definition) is 4. The van der Waals surface area contributed by atoms with Crippen molar-refractivity contribution in [2.75, 3.05) is 0 Å². The second kappa shape index (κ2) is 3.06. The van der Waals surface area contributed by atoms with Crippen molar-refractivity contribution in [3.8, 4) is 0 Å². The molecule has 0 aromatic carbocycles. The molecule has 2 heterocycles. The molecular weight excluding hydrogens is 194 g/mol. The molecule has 1 aliphatic heterocycles. The summed E-state index contributed by atoms with van der Waals surface area (Å²) >= 11 is 0. The average Bonchev–Trinajstić information content (AvgIpc) is 2.56. The standard InChI is InChI=1S/C11H17NO3/c1-7-12-6-8(13-7)9-14-10(2,3)11(4,5)15-9/h6,9H,1-5H3. The molecule has 0 radical (unpaired) electrons. The summed E-state index contributed by atoms with van der Waals surface area (Å²) in [6.07, 6.45) is 1.20. The zero-order valence-corrected chi connectivity index (χ0v) is 9.83. The van der Waals surface area contributed by atoms with E-state index in [9.17, 15) is 0 Å². The number of nitrogens with zero attached hydrogens (tertiary/aromatic N) is 1. The maximum absolute atomic E-state index is 5.81. The zero-order chi connectivity index (χ0) is 11.3. The lowest BCUT2D eigenvalue weighted by Gasteiger charge is -2.30. The van der Waals surface area contributed by atoms with Gasteiger partial charge in [-0.05, 0) is 27.7 Å². The SMILES string of the molecule is Cc1ncc(C2OC(C)(C)C(C)(C)O2)o1. The Morgan fingerprint density at radius 2 is 1.67 bits per heavy atom. The monoisotopic (exact) mass is 211 g/mol. The molecule has 1 aromatic heterocycles. The van der Waals surface area contributed by atoms with Crippen LogP contribution in [-0.2, 0) is 9.47 Å². The van der Waals surface area contributed by atoms with Crippen LogP contribution in [0.15, 0.2) is 10.6 Å². The van der Waals surface area contributed by atoms with Crippen molar-refractivity contribution in [2.24, 2.45) is 0 Å². The van der Waals surface area contributed by atoms with Crippen molar-refractivity contribution in [2.45, 2.75) is 52.1 Å². The molecular formula is C11H17NO3. The molecule has 0 bridgehead atoms. The van der Waals surface area contributed by atoms with E-state index in [1.807, 2.05) is 27.7 Å². The molecule has 0 N–H and O–H groups in total. The quantitative estimate of drug-likeness (QED) is 0.716. The highest BCUT2D eigenvalue weighted by Crippen LogP contribution is 2.44. The lowest BCUT2D eigenvalue weighted by molar-refractivity contribution is -0.102. The Morgan fingerprint density at radius 3 is 2.07 bits per heavy atom. The van der Waals surface area contributed by atoms with E-state index in [4.69, 9.17) is 13.9 Å². The fourth-order valence-electron chi connectivity index (χ4n) is 1.45. The molecule has 1 aliphatic rings. The van der Waals surface area contributed by atoms with Gasteiger partial charge in [0.2, 0.25) is 6.29 Å². The van der Waals surface area contributed by atoms with Crippen molar-refractivity contribution in [1.82, 2.24) is 4.98 Å². The van der Waals surface area contributed by atoms with Crippen LogP contribution in [0.1, 0.15) is 45.6 Å². The smallest absolute Gasteiger partial charge is 0.220 e. The third kappa shape index (κ3) is 1.68. The molecule has 1 aromatic rings. The Hall–Kier alpha value is -0.870. The highest BCUT2D eigenvalue weighted by atomic mass is 16.8. The summed E-state index contributed by atoms with van der Waals surface area (Å²) in [7, 11) is 0. The predicted octanol–water partition coefficient (Wildman–Crippen LogP) is 2.59. The van der Waals surface area contributed by atoms with E-state index in [1.165, 1.54) is 0 Å². The summed E-state index contributed by atoms with van der Waals surface area (Å²) in [5.41, 5.74) is -0.670. The van der Waals surface area contributed by atoms with Gasteiger partial charge < -0.3 is 13.9 Å². The van der Waals surface area contributed by atoms with Crippen LogP contribution in [0.4, 0.5) is 0 Å². The topological polar surface area (TPSA) is 44.5 Å². The summed E-state index contributed by atoms with van der Waals surface area (Å²) in [5.74, 6) is 1.26. The first-order valence-corrected chi connectivity index (χ1v) is 5.10. The van der Waals surface area contributed by atoms with Crippen LogP contribution in [0.25, 0.3) is 0 Å². The minimum absolute atomic E-state index is 0.335. The fraction of sp³-hybridized carbons (Fsp3) is 0.727. The van der Waals surface area contributed by atoms with Gasteiger partial charge in [0.1, 0.15) is 0 Å². The lowest BCUT2D eigenvalue weighted by atomic mass is 9.90. The van der Waals surface area contributed by atoms with E-state index in [-0.39, 0.29) is 11.2 Å². The molecule has 0 spiro atoms. The summed E-state index contributed by atoms with van der Waals surface area (Å²) in [5, 5.41) is 0. The van der Waals surface area contributed by atoms with Crippen LogP contribution in [0.5, 0.6) is 0 Å². The van der Waals surface area contributed by atoms with E-state index < -0.39 is 6.29 Å². The molecule has 0 saturated carbocycles. The minimum atomic E-state index is -0.448. The molecule has 0 amide bonds. The summed E-state index contributed by atoms with van der Waals surface area (Å²) in [6, 6.07) is 0. The maximum atomic E-state index is 5.81. The number of rotatable bonds is 1. The maximum Gasteiger partial charge on any atom is 0.220 e. The van der Waals surface area contributed by atoms with Gasteiger partial charge in [-0.25, -0.2) is 4.98 Å². The Balaban J connectivity index is 2.23. The Morgan fingerprint density at radius 1 is 1.13 bits per heavy atom. The van der Waals surface area contributed by atoms with Gasteiger partial charge in [-0.1, -0.05) is 0 Å². The zero-order valence-electron chi connectivity index (χ0n) is 9.83. The van der Waals surface area contributed by atoms with Crippen molar-refractivity contribution in [3.05, 3.63) is 17.8 Å². The van der Waals surface area contributed by atoms with Gasteiger partial charge in [0, 0.05) is 6.92 Å². The third-order valence-corrected chi connectivity index (χ3v) is 3.12. The molecule has 15 heavy (non-hydrogen) atoms. The van der Waals surface area contributed by atoms with E-state index in [2.05, 4.69) is 4.98 Å². The fourth-order valence-corrected chi connectivity index (χ4v) is 1.45. The van der Waals surface area contributed by atoms with E-state index in [0.29, 0.717) is 11.7 Å². The average molecular weight is 211 g/mol. The Labute approximate surface area is 89.6 Å².